The molecule has 1 N–H and O–H groups in total. The average Bonchev–Trinajstić information content (AvgIpc) is 3.24. The van der Waals surface area contributed by atoms with Gasteiger partial charge in [0.25, 0.3) is 0 Å². The molecule has 3 rings (SSSR count). The first kappa shape index (κ1) is 15.7. The quantitative estimate of drug-likeness (QED) is 0.898. The van der Waals surface area contributed by atoms with Crippen LogP contribution in [-0.4, -0.2) is 44.6 Å². The van der Waals surface area contributed by atoms with Gasteiger partial charge in [-0.1, -0.05) is 5.16 Å². The molecule has 1 amide bonds. The van der Waals surface area contributed by atoms with Gasteiger partial charge in [0, 0.05) is 36.4 Å². The fraction of sp³-hybridized carbons (Fsp3) is 0.467. The van der Waals surface area contributed by atoms with Gasteiger partial charge in [0.15, 0.2) is 0 Å². The van der Waals surface area contributed by atoms with Gasteiger partial charge < -0.3 is 14.5 Å². The van der Waals surface area contributed by atoms with Crippen LogP contribution in [0.1, 0.15) is 25.7 Å². The Hall–Kier alpha value is -2.22. The average molecular weight is 335 g/mol. The summed E-state index contributed by atoms with van der Waals surface area (Å²) in [4.78, 5) is 29.3. The van der Waals surface area contributed by atoms with E-state index in [0.29, 0.717) is 31.1 Å². The minimum Gasteiger partial charge on any atom is -0.481 e. The molecule has 0 spiro atoms. The van der Waals surface area contributed by atoms with E-state index in [-0.39, 0.29) is 18.4 Å². The highest BCUT2D eigenvalue weighted by atomic mass is 32.1. The molecule has 2 unspecified atom stereocenters. The number of carbonyl (C=O) groups excluding carboxylic acids is 1. The van der Waals surface area contributed by atoms with Gasteiger partial charge in [-0.05, 0) is 24.8 Å². The van der Waals surface area contributed by atoms with Crippen molar-refractivity contribution in [3.63, 3.8) is 0 Å². The Morgan fingerprint density at radius 1 is 1.52 bits per heavy atom. The first-order valence-corrected chi connectivity index (χ1v) is 8.38. The molecule has 0 aromatic carbocycles. The van der Waals surface area contributed by atoms with Gasteiger partial charge in [-0.25, -0.2) is 0 Å². The molecule has 2 aromatic heterocycles. The molecule has 1 fully saturated rings. The van der Waals surface area contributed by atoms with Crippen LogP contribution in [0.5, 0.6) is 0 Å². The van der Waals surface area contributed by atoms with Crippen LogP contribution in [0.3, 0.4) is 0 Å². The fourth-order valence-electron chi connectivity index (χ4n) is 2.84. The lowest BCUT2D eigenvalue weighted by atomic mass is 10.0. The van der Waals surface area contributed by atoms with Crippen molar-refractivity contribution >= 4 is 23.2 Å². The lowest BCUT2D eigenvalue weighted by molar-refractivity contribution is -0.143. The molecule has 1 saturated heterocycles. The lowest BCUT2D eigenvalue weighted by Gasteiger charge is -2.23. The third-order valence-corrected chi connectivity index (χ3v) is 4.88. The van der Waals surface area contributed by atoms with Crippen molar-refractivity contribution in [1.82, 2.24) is 15.0 Å². The van der Waals surface area contributed by atoms with Crippen LogP contribution in [0.25, 0.3) is 11.4 Å². The van der Waals surface area contributed by atoms with Gasteiger partial charge in [0.05, 0.1) is 5.92 Å². The second-order valence-electron chi connectivity index (χ2n) is 5.58. The molecule has 8 heteroatoms. The van der Waals surface area contributed by atoms with Crippen LogP contribution in [0.4, 0.5) is 0 Å². The predicted molar refractivity (Wildman–Crippen MR) is 82.8 cm³/mol. The van der Waals surface area contributed by atoms with Crippen LogP contribution in [0, 0.1) is 5.92 Å². The van der Waals surface area contributed by atoms with E-state index in [1.54, 1.807) is 23.2 Å². The number of likely N-dealkylation sites (tertiary alicyclic amines) is 1. The predicted octanol–water partition coefficient (Wildman–Crippen LogP) is 2.05. The maximum absolute atomic E-state index is 12.3. The van der Waals surface area contributed by atoms with Crippen molar-refractivity contribution in [1.29, 1.82) is 0 Å². The number of nitrogens with zero attached hydrogens (tertiary/aromatic N) is 3. The molecule has 3 heterocycles. The minimum absolute atomic E-state index is 0.0727. The van der Waals surface area contributed by atoms with Crippen LogP contribution in [-0.2, 0) is 16.0 Å². The molecular weight excluding hydrogens is 318 g/mol. The van der Waals surface area contributed by atoms with Gasteiger partial charge in [-0.3, -0.25) is 9.59 Å². The van der Waals surface area contributed by atoms with E-state index in [2.05, 4.69) is 10.1 Å². The first-order valence-electron chi connectivity index (χ1n) is 7.43. The maximum atomic E-state index is 12.3. The summed E-state index contributed by atoms with van der Waals surface area (Å²) < 4.78 is 5.17. The number of aryl methyl sites for hydroxylation is 1. The van der Waals surface area contributed by atoms with E-state index < -0.39 is 11.9 Å². The third kappa shape index (κ3) is 3.26. The van der Waals surface area contributed by atoms with Gasteiger partial charge >= 0.3 is 5.97 Å². The number of aromatic nitrogens is 2. The smallest absolute Gasteiger partial charge is 0.308 e. The van der Waals surface area contributed by atoms with E-state index >= 15 is 0 Å². The third-order valence-electron chi connectivity index (χ3n) is 4.19. The standard InChI is InChI=1S/C15H17N3O4S/c1-9-11(15(20)21)4-6-18(9)13(19)3-2-12-16-14(17-22-12)10-5-7-23-8-10/h5,7-9,11H,2-4,6H2,1H3,(H,20,21). The topological polar surface area (TPSA) is 96.5 Å². The zero-order valence-electron chi connectivity index (χ0n) is 12.6. The van der Waals surface area contributed by atoms with E-state index in [1.165, 1.54) is 0 Å². The molecule has 0 aliphatic carbocycles. The van der Waals surface area contributed by atoms with Crippen molar-refractivity contribution in [2.45, 2.75) is 32.2 Å². The maximum Gasteiger partial charge on any atom is 0.308 e. The molecule has 7 nitrogen and oxygen atoms in total. The second-order valence-corrected chi connectivity index (χ2v) is 6.36. The van der Waals surface area contributed by atoms with Crippen LogP contribution in [0.15, 0.2) is 21.3 Å². The summed E-state index contributed by atoms with van der Waals surface area (Å²) in [6.45, 7) is 2.27. The Bertz CT molecular complexity index is 697. The van der Waals surface area contributed by atoms with Crippen molar-refractivity contribution in [2.75, 3.05) is 6.54 Å². The number of carbonyl (C=O) groups is 2. The Morgan fingerprint density at radius 2 is 2.35 bits per heavy atom. The number of hydrogen-bond donors (Lipinski definition) is 1. The summed E-state index contributed by atoms with van der Waals surface area (Å²) in [5.74, 6) is -0.454. The number of thiophene rings is 1. The van der Waals surface area contributed by atoms with Crippen molar-refractivity contribution in [3.8, 4) is 11.4 Å². The SMILES string of the molecule is CC1C(C(=O)O)CCN1C(=O)CCc1nc(-c2ccsc2)no1. The summed E-state index contributed by atoms with van der Waals surface area (Å²) in [5, 5.41) is 16.9. The van der Waals surface area contributed by atoms with Gasteiger partial charge in [-0.15, -0.1) is 0 Å². The molecule has 0 saturated carbocycles. The van der Waals surface area contributed by atoms with E-state index in [9.17, 15) is 9.59 Å². The Morgan fingerprint density at radius 3 is 3.00 bits per heavy atom. The monoisotopic (exact) mass is 335 g/mol. The summed E-state index contributed by atoms with van der Waals surface area (Å²) in [6, 6.07) is 1.63. The zero-order valence-corrected chi connectivity index (χ0v) is 13.5. The number of hydrogen-bond acceptors (Lipinski definition) is 6. The number of rotatable bonds is 5. The Balaban J connectivity index is 1.56. The largest absolute Gasteiger partial charge is 0.481 e. The molecule has 23 heavy (non-hydrogen) atoms. The van der Waals surface area contributed by atoms with Crippen LogP contribution >= 0.6 is 11.3 Å². The van der Waals surface area contributed by atoms with Gasteiger partial charge in [-0.2, -0.15) is 16.3 Å². The fourth-order valence-corrected chi connectivity index (χ4v) is 3.48. The molecule has 2 atom stereocenters. The van der Waals surface area contributed by atoms with E-state index in [0.717, 1.165) is 5.56 Å². The number of carboxylic acid groups (broad SMARTS) is 1. The van der Waals surface area contributed by atoms with E-state index in [4.69, 9.17) is 9.63 Å². The zero-order chi connectivity index (χ0) is 16.4. The number of aliphatic carboxylic acids is 1. The van der Waals surface area contributed by atoms with Crippen LogP contribution in [0.2, 0.25) is 0 Å². The highest BCUT2D eigenvalue weighted by Crippen LogP contribution is 2.25. The summed E-state index contributed by atoms with van der Waals surface area (Å²) in [6.07, 6.45) is 1.10. The molecule has 0 radical (unpaired) electrons. The van der Waals surface area contributed by atoms with Crippen molar-refractivity contribution < 1.29 is 19.2 Å². The van der Waals surface area contributed by atoms with E-state index in [1.807, 2.05) is 16.8 Å². The highest BCUT2D eigenvalue weighted by molar-refractivity contribution is 7.08. The minimum atomic E-state index is -0.842. The lowest BCUT2D eigenvalue weighted by Crippen LogP contribution is -2.37. The summed E-state index contributed by atoms with van der Waals surface area (Å²) in [5.41, 5.74) is 0.897. The van der Waals surface area contributed by atoms with Gasteiger partial charge in [0.1, 0.15) is 0 Å². The Labute approximate surface area is 136 Å². The second kappa shape index (κ2) is 6.49. The molecule has 2 aromatic rings. The number of amides is 1. The Kier molecular flexibility index (Phi) is 4.42. The van der Waals surface area contributed by atoms with Gasteiger partial charge in [0.2, 0.25) is 17.6 Å². The molecule has 1 aliphatic rings. The molecule has 0 bridgehead atoms. The first-order chi connectivity index (χ1) is 11.1. The number of carboxylic acids is 1. The van der Waals surface area contributed by atoms with Crippen molar-refractivity contribution in [2.24, 2.45) is 5.92 Å². The summed E-state index contributed by atoms with van der Waals surface area (Å²) in [7, 11) is 0. The normalized spacial score (nSPS) is 20.8. The van der Waals surface area contributed by atoms with Crippen LogP contribution < -0.4 is 0 Å². The molecule has 122 valence electrons. The molecular formula is C15H17N3O4S. The summed E-state index contributed by atoms with van der Waals surface area (Å²) >= 11 is 1.55. The van der Waals surface area contributed by atoms with Crippen molar-refractivity contribution in [3.05, 3.63) is 22.7 Å². The molecule has 1 aliphatic heterocycles. The highest BCUT2D eigenvalue weighted by Gasteiger charge is 2.37.